The van der Waals surface area contributed by atoms with Gasteiger partial charge in [-0.3, -0.25) is 0 Å². The minimum absolute atomic E-state index is 0.101. The van der Waals surface area contributed by atoms with E-state index in [-0.39, 0.29) is 12.4 Å². The summed E-state index contributed by atoms with van der Waals surface area (Å²) in [6, 6.07) is 12.6. The molecule has 0 N–H and O–H groups in total. The number of hydrogen-bond donors (Lipinski definition) is 0. The van der Waals surface area contributed by atoms with Crippen LogP contribution in [-0.2, 0) is 11.3 Å². The monoisotopic (exact) mass is 297 g/mol. The first-order valence-corrected chi connectivity index (χ1v) is 6.59. The van der Waals surface area contributed by atoms with E-state index in [0.717, 1.165) is 11.3 Å². The van der Waals surface area contributed by atoms with Gasteiger partial charge in [0, 0.05) is 0 Å². The average Bonchev–Trinajstić information content (AvgIpc) is 3.09. The molecule has 1 heterocycles. The molecule has 0 saturated carbocycles. The Balaban J connectivity index is 1.63. The van der Waals surface area contributed by atoms with Crippen LogP contribution in [-0.4, -0.2) is 20.7 Å². The summed E-state index contributed by atoms with van der Waals surface area (Å²) in [5, 5.41) is 4.00. The molecule has 22 heavy (non-hydrogen) atoms. The number of esters is 1. The van der Waals surface area contributed by atoms with E-state index in [0.29, 0.717) is 5.56 Å². The summed E-state index contributed by atoms with van der Waals surface area (Å²) in [5.41, 5.74) is 1.97. The average molecular weight is 297 g/mol. The van der Waals surface area contributed by atoms with Crippen LogP contribution in [0.4, 0.5) is 4.39 Å². The van der Waals surface area contributed by atoms with Crippen LogP contribution in [0.15, 0.2) is 61.2 Å². The Labute approximate surface area is 126 Å². The molecule has 1 aromatic heterocycles. The van der Waals surface area contributed by atoms with E-state index >= 15 is 0 Å². The number of carbonyl (C=O) groups excluding carboxylic acids is 1. The van der Waals surface area contributed by atoms with Crippen molar-refractivity contribution >= 4 is 5.97 Å². The molecule has 0 radical (unpaired) electrons. The Hall–Kier alpha value is -3.02. The highest BCUT2D eigenvalue weighted by molar-refractivity contribution is 5.89. The van der Waals surface area contributed by atoms with Crippen molar-refractivity contribution in [2.24, 2.45) is 0 Å². The number of ether oxygens (including phenoxy) is 1. The highest BCUT2D eigenvalue weighted by Crippen LogP contribution is 2.11. The number of hydrogen-bond acceptors (Lipinski definition) is 4. The van der Waals surface area contributed by atoms with E-state index in [1.807, 2.05) is 0 Å². The van der Waals surface area contributed by atoms with Gasteiger partial charge in [-0.05, 0) is 42.0 Å². The van der Waals surface area contributed by atoms with E-state index < -0.39 is 5.97 Å². The second-order valence-corrected chi connectivity index (χ2v) is 4.59. The Bertz CT molecular complexity index is 753. The minimum atomic E-state index is -0.436. The lowest BCUT2D eigenvalue weighted by Gasteiger charge is -2.06. The number of carbonyl (C=O) groups is 1. The van der Waals surface area contributed by atoms with Crippen LogP contribution >= 0.6 is 0 Å². The molecule has 0 amide bonds. The molecule has 0 aliphatic carbocycles. The van der Waals surface area contributed by atoms with Crippen molar-refractivity contribution in [1.29, 1.82) is 0 Å². The fourth-order valence-electron chi connectivity index (χ4n) is 1.90. The molecule has 5 nitrogen and oxygen atoms in total. The van der Waals surface area contributed by atoms with Crippen molar-refractivity contribution in [3.8, 4) is 5.69 Å². The van der Waals surface area contributed by atoms with Crippen LogP contribution in [0.5, 0.6) is 0 Å². The molecule has 0 fully saturated rings. The molecule has 2 aromatic carbocycles. The number of benzene rings is 2. The van der Waals surface area contributed by atoms with Gasteiger partial charge in [0.1, 0.15) is 25.1 Å². The molecule has 0 unspecified atom stereocenters. The van der Waals surface area contributed by atoms with Crippen molar-refractivity contribution in [2.45, 2.75) is 6.61 Å². The smallest absolute Gasteiger partial charge is 0.338 e. The van der Waals surface area contributed by atoms with Crippen molar-refractivity contribution in [2.75, 3.05) is 0 Å². The topological polar surface area (TPSA) is 57.0 Å². The summed E-state index contributed by atoms with van der Waals surface area (Å²) in [4.78, 5) is 15.8. The van der Waals surface area contributed by atoms with E-state index in [1.165, 1.54) is 18.5 Å². The van der Waals surface area contributed by atoms with Crippen molar-refractivity contribution in [1.82, 2.24) is 14.8 Å². The van der Waals surface area contributed by atoms with Crippen molar-refractivity contribution in [3.05, 3.63) is 78.1 Å². The van der Waals surface area contributed by atoms with Crippen molar-refractivity contribution < 1.29 is 13.9 Å². The Morgan fingerprint density at radius 2 is 1.82 bits per heavy atom. The normalized spacial score (nSPS) is 10.4. The summed E-state index contributed by atoms with van der Waals surface area (Å²) in [6.45, 7) is 0.101. The molecular weight excluding hydrogens is 285 g/mol. The van der Waals surface area contributed by atoms with E-state index in [2.05, 4.69) is 10.1 Å². The van der Waals surface area contributed by atoms with Gasteiger partial charge in [-0.1, -0.05) is 12.1 Å². The Morgan fingerprint density at radius 3 is 2.45 bits per heavy atom. The Kier molecular flexibility index (Phi) is 3.91. The van der Waals surface area contributed by atoms with Gasteiger partial charge in [0.2, 0.25) is 0 Å². The maximum atomic E-state index is 12.8. The van der Waals surface area contributed by atoms with Gasteiger partial charge in [0.25, 0.3) is 0 Å². The standard InChI is InChI=1S/C16H12FN3O2/c17-14-5-1-12(2-6-14)9-22-16(21)13-3-7-15(8-4-13)20-11-18-10-19-20/h1-8,10-11H,9H2. The molecule has 3 rings (SSSR count). The highest BCUT2D eigenvalue weighted by Gasteiger charge is 2.08. The van der Waals surface area contributed by atoms with Crippen LogP contribution in [0.2, 0.25) is 0 Å². The van der Waals surface area contributed by atoms with Gasteiger partial charge in [0.05, 0.1) is 11.3 Å². The molecule has 0 atom stereocenters. The van der Waals surface area contributed by atoms with Gasteiger partial charge < -0.3 is 4.74 Å². The quantitative estimate of drug-likeness (QED) is 0.695. The highest BCUT2D eigenvalue weighted by atomic mass is 19.1. The van der Waals surface area contributed by atoms with Gasteiger partial charge >= 0.3 is 5.97 Å². The zero-order valence-electron chi connectivity index (χ0n) is 11.5. The minimum Gasteiger partial charge on any atom is -0.457 e. The Morgan fingerprint density at radius 1 is 1.09 bits per heavy atom. The van der Waals surface area contributed by atoms with E-state index in [1.54, 1.807) is 47.4 Å². The largest absolute Gasteiger partial charge is 0.457 e. The third-order valence-electron chi connectivity index (χ3n) is 3.07. The third-order valence-corrected chi connectivity index (χ3v) is 3.07. The van der Waals surface area contributed by atoms with E-state index in [4.69, 9.17) is 4.74 Å². The lowest BCUT2D eigenvalue weighted by molar-refractivity contribution is 0.0472. The van der Waals surface area contributed by atoms with E-state index in [9.17, 15) is 9.18 Å². The summed E-state index contributed by atoms with van der Waals surface area (Å²) < 4.78 is 19.6. The molecule has 0 bridgehead atoms. The van der Waals surface area contributed by atoms with Crippen LogP contribution in [0.1, 0.15) is 15.9 Å². The number of aromatic nitrogens is 3. The van der Waals surface area contributed by atoms with Gasteiger partial charge in [0.15, 0.2) is 0 Å². The van der Waals surface area contributed by atoms with Gasteiger partial charge in [-0.15, -0.1) is 0 Å². The summed E-state index contributed by atoms with van der Waals surface area (Å²) in [6.07, 6.45) is 3.01. The molecule has 110 valence electrons. The molecule has 0 spiro atoms. The molecular formula is C16H12FN3O2. The molecule has 0 aliphatic rings. The summed E-state index contributed by atoms with van der Waals surface area (Å²) in [5.74, 6) is -0.756. The van der Waals surface area contributed by atoms with Crippen molar-refractivity contribution in [3.63, 3.8) is 0 Å². The van der Waals surface area contributed by atoms with Crippen LogP contribution in [0.3, 0.4) is 0 Å². The van der Waals surface area contributed by atoms with Gasteiger partial charge in [-0.25, -0.2) is 18.9 Å². The maximum absolute atomic E-state index is 12.8. The fraction of sp³-hybridized carbons (Fsp3) is 0.0625. The summed E-state index contributed by atoms with van der Waals surface area (Å²) >= 11 is 0. The number of rotatable bonds is 4. The first-order valence-electron chi connectivity index (χ1n) is 6.59. The lowest BCUT2D eigenvalue weighted by Crippen LogP contribution is -2.05. The van der Waals surface area contributed by atoms with Crippen LogP contribution in [0.25, 0.3) is 5.69 Å². The molecule has 0 saturated heterocycles. The lowest BCUT2D eigenvalue weighted by atomic mass is 10.2. The molecule has 6 heteroatoms. The molecule has 3 aromatic rings. The second-order valence-electron chi connectivity index (χ2n) is 4.59. The first-order chi connectivity index (χ1) is 10.7. The maximum Gasteiger partial charge on any atom is 0.338 e. The predicted octanol–water partition coefficient (Wildman–Crippen LogP) is 2.76. The summed E-state index contributed by atoms with van der Waals surface area (Å²) in [7, 11) is 0. The first kappa shape index (κ1) is 13.9. The van der Waals surface area contributed by atoms with Crippen LogP contribution < -0.4 is 0 Å². The zero-order valence-corrected chi connectivity index (χ0v) is 11.5. The predicted molar refractivity (Wildman–Crippen MR) is 76.9 cm³/mol. The zero-order chi connectivity index (χ0) is 15.4. The number of nitrogens with zero attached hydrogens (tertiary/aromatic N) is 3. The van der Waals surface area contributed by atoms with Gasteiger partial charge in [-0.2, -0.15) is 5.10 Å². The fourth-order valence-corrected chi connectivity index (χ4v) is 1.90. The SMILES string of the molecule is O=C(OCc1ccc(F)cc1)c1ccc(-n2cncn2)cc1. The van der Waals surface area contributed by atoms with Crippen LogP contribution in [0, 0.1) is 5.82 Å². The number of halogens is 1. The third kappa shape index (κ3) is 3.17. The second kappa shape index (κ2) is 6.17. The molecule has 0 aliphatic heterocycles.